The van der Waals surface area contributed by atoms with Crippen molar-refractivity contribution in [3.8, 4) is 0 Å². The number of nitrogens with two attached hydrogens (primary N) is 2. The fourth-order valence-electron chi connectivity index (χ4n) is 2.48. The number of hydrazine groups is 1. The third kappa shape index (κ3) is 11.9. The summed E-state index contributed by atoms with van der Waals surface area (Å²) in [5.41, 5.74) is 7.98. The van der Waals surface area contributed by atoms with Crippen LogP contribution in [0.1, 0.15) is 53.0 Å². The van der Waals surface area contributed by atoms with Crippen molar-refractivity contribution in [2.75, 3.05) is 5.01 Å². The molecule has 1 aliphatic rings. The van der Waals surface area contributed by atoms with E-state index in [-0.39, 0.29) is 0 Å². The van der Waals surface area contributed by atoms with Gasteiger partial charge in [0.2, 0.25) is 0 Å². The van der Waals surface area contributed by atoms with Gasteiger partial charge in [-0.2, -0.15) is 0 Å². The van der Waals surface area contributed by atoms with Gasteiger partial charge in [0.25, 0.3) is 0 Å². The van der Waals surface area contributed by atoms with E-state index in [0.29, 0.717) is 15.9 Å². The molecule has 0 amide bonds. The number of hydrogen-bond donors (Lipinski definition) is 2. The van der Waals surface area contributed by atoms with E-state index in [4.69, 9.17) is 23.2 Å². The molecule has 0 radical (unpaired) electrons. The lowest BCUT2D eigenvalue weighted by atomic mass is 10.1. The third-order valence-corrected chi connectivity index (χ3v) is 5.10. The molecule has 0 aliphatic carbocycles. The Morgan fingerprint density at radius 2 is 1.76 bits per heavy atom. The van der Waals surface area contributed by atoms with Crippen molar-refractivity contribution >= 4 is 35.3 Å². The van der Waals surface area contributed by atoms with Crippen LogP contribution in [0.2, 0.25) is 5.02 Å². The number of para-hydroxylation sites is 1. The number of aliphatic imine (C=N–C) groups is 1. The summed E-state index contributed by atoms with van der Waals surface area (Å²) in [6.45, 7) is 13.8. The molecule has 3 rings (SSSR count). The van der Waals surface area contributed by atoms with Gasteiger partial charge in [-0.05, 0) is 44.0 Å². The number of halogens is 1. The lowest BCUT2D eigenvalue weighted by Crippen LogP contribution is -2.34. The minimum atomic E-state index is 0.519. The Hall–Kier alpha value is -2.73. The minimum absolute atomic E-state index is 0.519. The van der Waals surface area contributed by atoms with Crippen molar-refractivity contribution in [2.45, 2.75) is 52.4 Å². The maximum absolute atomic E-state index is 6.14. The summed E-state index contributed by atoms with van der Waals surface area (Å²) in [6, 6.07) is 15.2. The van der Waals surface area contributed by atoms with Gasteiger partial charge in [0.05, 0.1) is 5.69 Å². The monoisotopic (exact) mass is 498 g/mol. The van der Waals surface area contributed by atoms with Crippen LogP contribution in [-0.4, -0.2) is 6.21 Å². The quantitative estimate of drug-likeness (QED) is 0.188. The highest BCUT2D eigenvalue weighted by Gasteiger charge is 2.18. The van der Waals surface area contributed by atoms with Crippen LogP contribution in [0, 0.1) is 0 Å². The smallest absolute Gasteiger partial charge is 0.177 e. The second kappa shape index (κ2) is 19.7. The molecule has 4 N–H and O–H groups in total. The largest absolute Gasteiger partial charge is 0.390 e. The predicted molar refractivity (Wildman–Crippen MR) is 155 cm³/mol. The van der Waals surface area contributed by atoms with Crippen molar-refractivity contribution in [3.63, 3.8) is 0 Å². The number of anilines is 1. The number of benzene rings is 2. The van der Waals surface area contributed by atoms with Crippen LogP contribution in [0.15, 0.2) is 106 Å². The first-order valence-electron chi connectivity index (χ1n) is 11.5. The lowest BCUT2D eigenvalue weighted by molar-refractivity contribution is 0.953. The van der Waals surface area contributed by atoms with Crippen LogP contribution in [0.25, 0.3) is 0 Å². The summed E-state index contributed by atoms with van der Waals surface area (Å²) in [7, 11) is 0. The van der Waals surface area contributed by atoms with Crippen molar-refractivity contribution < 1.29 is 0 Å². The first-order chi connectivity index (χ1) is 16.5. The van der Waals surface area contributed by atoms with E-state index in [1.807, 2.05) is 75.4 Å². The molecule has 0 fully saturated rings. The molecule has 2 aromatic rings. The number of rotatable bonds is 5. The molecular weight excluding hydrogens is 460 g/mol. The van der Waals surface area contributed by atoms with Gasteiger partial charge in [-0.15, -0.1) is 0 Å². The van der Waals surface area contributed by atoms with Crippen molar-refractivity contribution in [1.29, 1.82) is 0 Å². The van der Waals surface area contributed by atoms with Crippen LogP contribution in [0.3, 0.4) is 0 Å². The van der Waals surface area contributed by atoms with E-state index in [1.54, 1.807) is 12.3 Å². The first-order valence-corrected chi connectivity index (χ1v) is 12.7. The van der Waals surface area contributed by atoms with E-state index < -0.39 is 0 Å². The van der Waals surface area contributed by atoms with Crippen LogP contribution in [-0.2, 0) is 0 Å². The van der Waals surface area contributed by atoms with E-state index in [2.05, 4.69) is 43.6 Å². The number of fused-ring (bicyclic) bond motifs is 1. The average Bonchev–Trinajstić information content (AvgIpc) is 2.85. The van der Waals surface area contributed by atoms with Gasteiger partial charge in [0.15, 0.2) is 5.82 Å². The molecule has 1 aliphatic heterocycles. The SMILES string of the molecule is C/C=C\CC.C=C/C=C\CC.CC.N/C(Sc1cccc(Cl)c1)=C1/N=Cc2ccccc2N1N. The highest BCUT2D eigenvalue weighted by atomic mass is 35.5. The summed E-state index contributed by atoms with van der Waals surface area (Å²) in [4.78, 5) is 5.29. The second-order valence-electron chi connectivity index (χ2n) is 6.48. The molecule has 4 nitrogen and oxygen atoms in total. The lowest BCUT2D eigenvalue weighted by Gasteiger charge is -2.25. The van der Waals surface area contributed by atoms with Crippen LogP contribution < -0.4 is 16.6 Å². The van der Waals surface area contributed by atoms with Gasteiger partial charge in [-0.3, -0.25) is 5.01 Å². The van der Waals surface area contributed by atoms with Crippen LogP contribution in [0.5, 0.6) is 0 Å². The predicted octanol–water partition coefficient (Wildman–Crippen LogP) is 8.47. The van der Waals surface area contributed by atoms with Crippen LogP contribution in [0.4, 0.5) is 5.69 Å². The molecule has 0 spiro atoms. The Bertz CT molecular complexity index is 964. The fourth-order valence-corrected chi connectivity index (χ4v) is 3.56. The Morgan fingerprint density at radius 3 is 2.29 bits per heavy atom. The molecule has 0 saturated heterocycles. The van der Waals surface area contributed by atoms with Crippen molar-refractivity contribution in [1.82, 2.24) is 0 Å². The van der Waals surface area contributed by atoms with E-state index in [1.165, 1.54) is 16.8 Å². The fraction of sp³-hybridized carbons (Fsp3) is 0.250. The highest BCUT2D eigenvalue weighted by Crippen LogP contribution is 2.32. The maximum Gasteiger partial charge on any atom is 0.177 e. The zero-order valence-corrected chi connectivity index (χ0v) is 22.6. The van der Waals surface area contributed by atoms with Crippen LogP contribution >= 0.6 is 23.4 Å². The standard InChI is InChI=1S/C15H13ClN4S.C6H10.C5H10.C2H6/c16-11-5-3-6-12(8-11)21-14(17)15-19-9-10-4-1-2-7-13(10)20(15)18;1-3-5-6-4-2;1-3-5-4-2;1-2/h1-9H,17-18H2;3,5-6H,1,4H2,2H3;3,5H,4H2,1-2H3;1-2H3/b15-14+;6-5-;5-3-;. The summed E-state index contributed by atoms with van der Waals surface area (Å²) in [6.07, 6.45) is 14.0. The molecular formula is C28H39ClN4S. The molecule has 0 atom stereocenters. The van der Waals surface area contributed by atoms with Gasteiger partial charge in [-0.25, -0.2) is 10.8 Å². The third-order valence-electron chi connectivity index (χ3n) is 3.97. The molecule has 34 heavy (non-hydrogen) atoms. The summed E-state index contributed by atoms with van der Waals surface area (Å²) < 4.78 is 0. The Morgan fingerprint density at radius 1 is 1.09 bits per heavy atom. The summed E-state index contributed by atoms with van der Waals surface area (Å²) >= 11 is 7.35. The van der Waals surface area contributed by atoms with Gasteiger partial charge in [0, 0.05) is 21.7 Å². The Labute approximate surface area is 215 Å². The average molecular weight is 499 g/mol. The number of thioether (sulfide) groups is 1. The van der Waals surface area contributed by atoms with Gasteiger partial charge < -0.3 is 5.73 Å². The molecule has 0 unspecified atom stereocenters. The summed E-state index contributed by atoms with van der Waals surface area (Å²) in [5, 5.41) is 2.69. The van der Waals surface area contributed by atoms with E-state index in [9.17, 15) is 0 Å². The normalized spacial score (nSPS) is 13.1. The van der Waals surface area contributed by atoms with Crippen molar-refractivity contribution in [2.24, 2.45) is 16.6 Å². The Balaban J connectivity index is 0.000000699. The second-order valence-corrected chi connectivity index (χ2v) is 8.04. The van der Waals surface area contributed by atoms with Crippen molar-refractivity contribution in [3.05, 3.63) is 107 Å². The van der Waals surface area contributed by atoms with Gasteiger partial charge in [0.1, 0.15) is 5.03 Å². The molecule has 0 aromatic heterocycles. The molecule has 1 heterocycles. The number of allylic oxidation sites excluding steroid dienone is 5. The molecule has 6 heteroatoms. The van der Waals surface area contributed by atoms with E-state index >= 15 is 0 Å². The molecule has 0 saturated carbocycles. The highest BCUT2D eigenvalue weighted by molar-refractivity contribution is 8.03. The molecule has 0 bridgehead atoms. The zero-order chi connectivity index (χ0) is 25.8. The zero-order valence-electron chi connectivity index (χ0n) is 21.0. The minimum Gasteiger partial charge on any atom is -0.390 e. The number of hydrogen-bond acceptors (Lipinski definition) is 5. The number of nitrogens with zero attached hydrogens (tertiary/aromatic N) is 2. The first kappa shape index (κ1) is 31.3. The van der Waals surface area contributed by atoms with E-state index in [0.717, 1.165) is 29.0 Å². The maximum atomic E-state index is 6.14. The topological polar surface area (TPSA) is 67.6 Å². The van der Waals surface area contributed by atoms with Gasteiger partial charge >= 0.3 is 0 Å². The Kier molecular flexibility index (Phi) is 18.1. The molecule has 2 aromatic carbocycles. The van der Waals surface area contributed by atoms with Gasteiger partial charge in [-0.1, -0.05) is 112 Å². The summed E-state index contributed by atoms with van der Waals surface area (Å²) in [5.74, 6) is 6.64. The molecule has 184 valence electrons.